The van der Waals surface area contributed by atoms with Crippen LogP contribution in [-0.4, -0.2) is 22.8 Å². The Hall–Kier alpha value is -2.27. The fraction of sp³-hybridized carbons (Fsp3) is 0.333. The van der Waals surface area contributed by atoms with Crippen LogP contribution in [0.1, 0.15) is 31.0 Å². The van der Waals surface area contributed by atoms with Crippen molar-refractivity contribution in [3.05, 3.63) is 46.8 Å². The second-order valence-corrected chi connectivity index (χ2v) is 5.78. The van der Waals surface area contributed by atoms with Crippen molar-refractivity contribution >= 4 is 29.3 Å². The van der Waals surface area contributed by atoms with Crippen LogP contribution in [0.2, 0.25) is 5.15 Å². The molecule has 0 radical (unpaired) electrons. The van der Waals surface area contributed by atoms with Gasteiger partial charge in [-0.2, -0.15) is 5.10 Å². The molecule has 0 saturated carbocycles. The van der Waals surface area contributed by atoms with Gasteiger partial charge in [-0.1, -0.05) is 24.9 Å². The zero-order valence-electron chi connectivity index (χ0n) is 14.2. The van der Waals surface area contributed by atoms with Crippen LogP contribution >= 0.6 is 11.6 Å². The lowest BCUT2D eigenvalue weighted by Gasteiger charge is -2.03. The van der Waals surface area contributed by atoms with Crippen molar-refractivity contribution in [2.45, 2.75) is 33.2 Å². The number of amides is 1. The molecule has 6 heteroatoms. The molecule has 128 valence electrons. The summed E-state index contributed by atoms with van der Waals surface area (Å²) in [4.78, 5) is 12.0. The molecule has 24 heavy (non-hydrogen) atoms. The molecule has 0 atom stereocenters. The van der Waals surface area contributed by atoms with Crippen molar-refractivity contribution in [1.29, 1.82) is 0 Å². The standard InChI is InChI=1S/C18H22ClN3O2/c1-4-5-12-22-18(19)16(13(2)21-22)10-11-17(23)20-14-6-8-15(24-3)9-7-14/h6-11H,4-5,12H2,1-3H3,(H,20,23)/b11-10+. The minimum Gasteiger partial charge on any atom is -0.497 e. The summed E-state index contributed by atoms with van der Waals surface area (Å²) in [5.41, 5.74) is 2.29. The van der Waals surface area contributed by atoms with Crippen LogP contribution < -0.4 is 10.1 Å². The van der Waals surface area contributed by atoms with E-state index in [9.17, 15) is 4.79 Å². The molecule has 2 aromatic rings. The van der Waals surface area contributed by atoms with Gasteiger partial charge in [0, 0.05) is 23.9 Å². The highest BCUT2D eigenvalue weighted by Crippen LogP contribution is 2.22. The third-order valence-corrected chi connectivity index (χ3v) is 3.99. The van der Waals surface area contributed by atoms with Gasteiger partial charge in [-0.15, -0.1) is 0 Å². The molecule has 0 aliphatic heterocycles. The number of nitrogens with zero attached hydrogens (tertiary/aromatic N) is 2. The van der Waals surface area contributed by atoms with Gasteiger partial charge in [0.25, 0.3) is 0 Å². The van der Waals surface area contributed by atoms with Crippen LogP contribution in [0.25, 0.3) is 6.08 Å². The summed E-state index contributed by atoms with van der Waals surface area (Å²) in [6, 6.07) is 7.15. The topological polar surface area (TPSA) is 56.2 Å². The number of unbranched alkanes of at least 4 members (excludes halogenated alkanes) is 1. The van der Waals surface area contributed by atoms with E-state index >= 15 is 0 Å². The number of methoxy groups -OCH3 is 1. The lowest BCUT2D eigenvalue weighted by atomic mass is 10.2. The average molecular weight is 348 g/mol. The molecule has 0 saturated heterocycles. The van der Waals surface area contributed by atoms with Crippen molar-refractivity contribution in [1.82, 2.24) is 9.78 Å². The predicted molar refractivity (Wildman–Crippen MR) is 97.5 cm³/mol. The molecular formula is C18H22ClN3O2. The minimum absolute atomic E-state index is 0.225. The van der Waals surface area contributed by atoms with E-state index in [2.05, 4.69) is 17.3 Å². The van der Waals surface area contributed by atoms with E-state index in [1.807, 2.05) is 6.92 Å². The zero-order chi connectivity index (χ0) is 17.5. The predicted octanol–water partition coefficient (Wildman–Crippen LogP) is 4.31. The number of nitrogens with one attached hydrogen (secondary N) is 1. The first-order valence-corrected chi connectivity index (χ1v) is 8.29. The number of hydrogen-bond donors (Lipinski definition) is 1. The molecule has 0 unspecified atom stereocenters. The van der Waals surface area contributed by atoms with Gasteiger partial charge in [0.15, 0.2) is 0 Å². The average Bonchev–Trinajstić information content (AvgIpc) is 2.85. The Balaban J connectivity index is 2.04. The van der Waals surface area contributed by atoms with Gasteiger partial charge in [-0.05, 0) is 43.7 Å². The number of halogens is 1. The summed E-state index contributed by atoms with van der Waals surface area (Å²) in [6.07, 6.45) is 5.25. The number of carbonyl (C=O) groups is 1. The van der Waals surface area contributed by atoms with Gasteiger partial charge in [-0.3, -0.25) is 9.48 Å². The molecule has 1 aromatic heterocycles. The maximum Gasteiger partial charge on any atom is 0.248 e. The van der Waals surface area contributed by atoms with Gasteiger partial charge in [0.2, 0.25) is 5.91 Å². The quantitative estimate of drug-likeness (QED) is 0.759. The van der Waals surface area contributed by atoms with Crippen LogP contribution in [0.3, 0.4) is 0 Å². The van der Waals surface area contributed by atoms with Gasteiger partial charge >= 0.3 is 0 Å². The second-order valence-electron chi connectivity index (χ2n) is 5.42. The maximum atomic E-state index is 12.0. The molecular weight excluding hydrogens is 326 g/mol. The molecule has 1 heterocycles. The molecule has 0 bridgehead atoms. The summed E-state index contributed by atoms with van der Waals surface area (Å²) in [7, 11) is 1.60. The number of aryl methyl sites for hydroxylation is 2. The number of carbonyl (C=O) groups excluding carboxylic acids is 1. The molecule has 5 nitrogen and oxygen atoms in total. The lowest BCUT2D eigenvalue weighted by molar-refractivity contribution is -0.111. The number of anilines is 1. The van der Waals surface area contributed by atoms with E-state index in [0.29, 0.717) is 10.8 Å². The van der Waals surface area contributed by atoms with Gasteiger partial charge in [0.1, 0.15) is 10.9 Å². The highest BCUT2D eigenvalue weighted by atomic mass is 35.5. The molecule has 1 N–H and O–H groups in total. The summed E-state index contributed by atoms with van der Waals surface area (Å²) in [5, 5.41) is 7.77. The smallest absolute Gasteiger partial charge is 0.248 e. The molecule has 0 aliphatic rings. The Morgan fingerprint density at radius 3 is 2.71 bits per heavy atom. The normalized spacial score (nSPS) is 11.0. The van der Waals surface area contributed by atoms with Crippen LogP contribution in [-0.2, 0) is 11.3 Å². The minimum atomic E-state index is -0.225. The Bertz CT molecular complexity index is 721. The van der Waals surface area contributed by atoms with Crippen LogP contribution in [0.15, 0.2) is 30.3 Å². The number of hydrogen-bond acceptors (Lipinski definition) is 3. The van der Waals surface area contributed by atoms with Crippen molar-refractivity contribution in [2.75, 3.05) is 12.4 Å². The maximum absolute atomic E-state index is 12.0. The zero-order valence-corrected chi connectivity index (χ0v) is 14.9. The van der Waals surface area contributed by atoms with E-state index in [1.54, 1.807) is 42.1 Å². The number of aromatic nitrogens is 2. The Labute approximate surface area is 147 Å². The van der Waals surface area contributed by atoms with Crippen molar-refractivity contribution in [2.24, 2.45) is 0 Å². The fourth-order valence-electron chi connectivity index (χ4n) is 2.23. The fourth-order valence-corrected chi connectivity index (χ4v) is 2.55. The van der Waals surface area contributed by atoms with Gasteiger partial charge in [0.05, 0.1) is 12.8 Å². The van der Waals surface area contributed by atoms with Crippen molar-refractivity contribution in [3.8, 4) is 5.75 Å². The third-order valence-electron chi connectivity index (χ3n) is 3.59. The van der Waals surface area contributed by atoms with Crippen molar-refractivity contribution < 1.29 is 9.53 Å². The Morgan fingerprint density at radius 2 is 2.08 bits per heavy atom. The molecule has 0 aliphatic carbocycles. The summed E-state index contributed by atoms with van der Waals surface area (Å²) < 4.78 is 6.86. The molecule has 1 amide bonds. The van der Waals surface area contributed by atoms with Crippen LogP contribution in [0.5, 0.6) is 5.75 Å². The van der Waals surface area contributed by atoms with Crippen LogP contribution in [0, 0.1) is 6.92 Å². The Kier molecular flexibility index (Phi) is 6.44. The van der Waals surface area contributed by atoms with Gasteiger partial charge < -0.3 is 10.1 Å². The molecule has 0 fully saturated rings. The first-order valence-electron chi connectivity index (χ1n) is 7.91. The van der Waals surface area contributed by atoms with E-state index in [1.165, 1.54) is 6.08 Å². The molecule has 1 aromatic carbocycles. The van der Waals surface area contributed by atoms with E-state index in [0.717, 1.165) is 36.4 Å². The first-order chi connectivity index (χ1) is 11.5. The summed E-state index contributed by atoms with van der Waals surface area (Å²) >= 11 is 6.35. The van der Waals surface area contributed by atoms with E-state index < -0.39 is 0 Å². The van der Waals surface area contributed by atoms with Gasteiger partial charge in [-0.25, -0.2) is 0 Å². The SMILES string of the molecule is CCCCn1nc(C)c(/C=C/C(=O)Nc2ccc(OC)cc2)c1Cl. The molecule has 2 rings (SSSR count). The first kappa shape index (κ1) is 18.1. The largest absolute Gasteiger partial charge is 0.497 e. The van der Waals surface area contributed by atoms with E-state index in [-0.39, 0.29) is 5.91 Å². The number of rotatable bonds is 7. The molecule has 0 spiro atoms. The summed E-state index contributed by atoms with van der Waals surface area (Å²) in [6.45, 7) is 4.78. The highest BCUT2D eigenvalue weighted by molar-refractivity contribution is 6.31. The van der Waals surface area contributed by atoms with Crippen molar-refractivity contribution in [3.63, 3.8) is 0 Å². The van der Waals surface area contributed by atoms with E-state index in [4.69, 9.17) is 16.3 Å². The number of ether oxygens (including phenoxy) is 1. The Morgan fingerprint density at radius 1 is 1.38 bits per heavy atom. The number of benzene rings is 1. The monoisotopic (exact) mass is 347 g/mol. The summed E-state index contributed by atoms with van der Waals surface area (Å²) in [5.74, 6) is 0.516. The highest BCUT2D eigenvalue weighted by Gasteiger charge is 2.11. The lowest BCUT2D eigenvalue weighted by Crippen LogP contribution is -2.07. The third kappa shape index (κ3) is 4.61. The second kappa shape index (κ2) is 8.55. The van der Waals surface area contributed by atoms with Crippen LogP contribution in [0.4, 0.5) is 5.69 Å².